The van der Waals surface area contributed by atoms with Crippen LogP contribution in [0, 0.1) is 0 Å². The minimum absolute atomic E-state index is 0.412. The van der Waals surface area contributed by atoms with E-state index in [0.29, 0.717) is 17.9 Å². The standard InChI is InChI=1S/C11H7Br2NO2S/c12-8-3-7(5-15)4-9(13)11(8)16-6-10-14-1-2-17-10/h1-5H,6H2. The average molecular weight is 377 g/mol. The van der Waals surface area contributed by atoms with Crippen LogP contribution in [-0.2, 0) is 6.61 Å². The van der Waals surface area contributed by atoms with Crippen molar-refractivity contribution in [3.8, 4) is 5.75 Å². The van der Waals surface area contributed by atoms with E-state index in [2.05, 4.69) is 36.8 Å². The minimum atomic E-state index is 0.412. The van der Waals surface area contributed by atoms with Gasteiger partial charge in [-0.05, 0) is 44.0 Å². The number of rotatable bonds is 4. The quantitative estimate of drug-likeness (QED) is 0.755. The lowest BCUT2D eigenvalue weighted by Crippen LogP contribution is -1.97. The zero-order valence-electron chi connectivity index (χ0n) is 8.52. The van der Waals surface area contributed by atoms with Gasteiger partial charge in [-0.15, -0.1) is 11.3 Å². The van der Waals surface area contributed by atoms with Crippen molar-refractivity contribution >= 4 is 49.5 Å². The summed E-state index contributed by atoms with van der Waals surface area (Å²) in [6.07, 6.45) is 2.53. The van der Waals surface area contributed by atoms with E-state index in [1.807, 2.05) is 5.38 Å². The van der Waals surface area contributed by atoms with Gasteiger partial charge in [0.25, 0.3) is 0 Å². The van der Waals surface area contributed by atoms with E-state index in [0.717, 1.165) is 20.2 Å². The summed E-state index contributed by atoms with van der Waals surface area (Å²) in [5, 5.41) is 2.81. The Hall–Kier alpha value is -0.720. The first-order valence-corrected chi connectivity index (χ1v) is 7.12. The molecular weight excluding hydrogens is 370 g/mol. The van der Waals surface area contributed by atoms with Gasteiger partial charge in [0.15, 0.2) is 0 Å². The van der Waals surface area contributed by atoms with Crippen LogP contribution in [0.1, 0.15) is 15.4 Å². The number of benzene rings is 1. The van der Waals surface area contributed by atoms with Gasteiger partial charge >= 0.3 is 0 Å². The zero-order chi connectivity index (χ0) is 12.3. The molecule has 6 heteroatoms. The lowest BCUT2D eigenvalue weighted by molar-refractivity contribution is 0.112. The zero-order valence-corrected chi connectivity index (χ0v) is 12.5. The number of hydrogen-bond donors (Lipinski definition) is 0. The molecular formula is C11H7Br2NO2S. The Balaban J connectivity index is 2.18. The van der Waals surface area contributed by atoms with E-state index >= 15 is 0 Å². The van der Waals surface area contributed by atoms with Crippen LogP contribution in [0.2, 0.25) is 0 Å². The maximum absolute atomic E-state index is 10.7. The second-order valence-electron chi connectivity index (χ2n) is 3.15. The van der Waals surface area contributed by atoms with E-state index in [9.17, 15) is 4.79 Å². The summed E-state index contributed by atoms with van der Waals surface area (Å²) in [5.74, 6) is 0.672. The third kappa shape index (κ3) is 3.14. The van der Waals surface area contributed by atoms with Crippen molar-refractivity contribution in [2.24, 2.45) is 0 Å². The highest BCUT2D eigenvalue weighted by Gasteiger charge is 2.09. The molecule has 0 spiro atoms. The van der Waals surface area contributed by atoms with Crippen molar-refractivity contribution in [3.63, 3.8) is 0 Å². The summed E-state index contributed by atoms with van der Waals surface area (Å²) in [7, 11) is 0. The van der Waals surface area contributed by atoms with Gasteiger partial charge in [-0.25, -0.2) is 4.98 Å². The SMILES string of the molecule is O=Cc1cc(Br)c(OCc2nccs2)c(Br)c1. The molecule has 0 radical (unpaired) electrons. The Morgan fingerprint density at radius 2 is 2.06 bits per heavy atom. The molecule has 0 aliphatic carbocycles. The average Bonchev–Trinajstić information content (AvgIpc) is 2.80. The summed E-state index contributed by atoms with van der Waals surface area (Å²) in [6, 6.07) is 3.43. The smallest absolute Gasteiger partial charge is 0.150 e. The second kappa shape index (κ2) is 5.75. The molecule has 88 valence electrons. The van der Waals surface area contributed by atoms with Gasteiger partial charge in [0.1, 0.15) is 23.7 Å². The Morgan fingerprint density at radius 1 is 1.35 bits per heavy atom. The highest BCUT2D eigenvalue weighted by Crippen LogP contribution is 2.35. The van der Waals surface area contributed by atoms with Gasteiger partial charge in [0, 0.05) is 17.1 Å². The van der Waals surface area contributed by atoms with E-state index in [1.54, 1.807) is 18.3 Å². The van der Waals surface area contributed by atoms with Gasteiger partial charge in [0.05, 0.1) is 8.95 Å². The molecule has 0 saturated carbocycles. The normalized spacial score (nSPS) is 10.2. The van der Waals surface area contributed by atoms with Crippen molar-refractivity contribution in [3.05, 3.63) is 43.2 Å². The number of hydrogen-bond acceptors (Lipinski definition) is 4. The highest BCUT2D eigenvalue weighted by atomic mass is 79.9. The summed E-state index contributed by atoms with van der Waals surface area (Å²) >= 11 is 8.28. The van der Waals surface area contributed by atoms with Gasteiger partial charge < -0.3 is 4.74 Å². The third-order valence-corrected chi connectivity index (χ3v) is 3.91. The molecule has 0 unspecified atom stereocenters. The van der Waals surface area contributed by atoms with E-state index < -0.39 is 0 Å². The number of carbonyl (C=O) groups excluding carboxylic acids is 1. The maximum Gasteiger partial charge on any atom is 0.150 e. The van der Waals surface area contributed by atoms with Crippen LogP contribution in [-0.4, -0.2) is 11.3 Å². The predicted octanol–water partition coefficient (Wildman–Crippen LogP) is 4.06. The van der Waals surface area contributed by atoms with Crippen LogP contribution in [0.5, 0.6) is 5.75 Å². The molecule has 2 aromatic rings. The van der Waals surface area contributed by atoms with E-state index in [-0.39, 0.29) is 0 Å². The number of halogens is 2. The monoisotopic (exact) mass is 375 g/mol. The topological polar surface area (TPSA) is 39.2 Å². The Morgan fingerprint density at radius 3 is 2.59 bits per heavy atom. The van der Waals surface area contributed by atoms with E-state index in [1.165, 1.54) is 11.3 Å². The molecule has 17 heavy (non-hydrogen) atoms. The molecule has 0 atom stereocenters. The Labute approximate surface area is 119 Å². The summed E-state index contributed by atoms with van der Waals surface area (Å²) in [4.78, 5) is 14.8. The number of aromatic nitrogens is 1. The summed E-state index contributed by atoms with van der Waals surface area (Å²) in [5.41, 5.74) is 0.588. The second-order valence-corrected chi connectivity index (χ2v) is 5.83. The van der Waals surface area contributed by atoms with Crippen LogP contribution in [0.15, 0.2) is 32.7 Å². The van der Waals surface area contributed by atoms with Gasteiger partial charge in [-0.2, -0.15) is 0 Å². The van der Waals surface area contributed by atoms with Crippen molar-refractivity contribution in [1.82, 2.24) is 4.98 Å². The number of carbonyl (C=O) groups is 1. The molecule has 0 amide bonds. The molecule has 0 bridgehead atoms. The molecule has 3 nitrogen and oxygen atoms in total. The van der Waals surface area contributed by atoms with Gasteiger partial charge in [-0.3, -0.25) is 4.79 Å². The molecule has 0 aliphatic rings. The molecule has 1 aromatic carbocycles. The van der Waals surface area contributed by atoms with Crippen molar-refractivity contribution in [2.75, 3.05) is 0 Å². The molecule has 1 aromatic heterocycles. The fraction of sp³-hybridized carbons (Fsp3) is 0.0909. The molecule has 2 rings (SSSR count). The minimum Gasteiger partial charge on any atom is -0.484 e. The van der Waals surface area contributed by atoms with Gasteiger partial charge in [-0.1, -0.05) is 0 Å². The Kier molecular flexibility index (Phi) is 4.31. The largest absolute Gasteiger partial charge is 0.484 e. The molecule has 0 saturated heterocycles. The van der Waals surface area contributed by atoms with Crippen LogP contribution in [0.4, 0.5) is 0 Å². The maximum atomic E-state index is 10.7. The number of ether oxygens (including phenoxy) is 1. The first-order valence-electron chi connectivity index (χ1n) is 4.66. The predicted molar refractivity (Wildman–Crippen MR) is 73.7 cm³/mol. The lowest BCUT2D eigenvalue weighted by Gasteiger charge is -2.09. The highest BCUT2D eigenvalue weighted by molar-refractivity contribution is 9.11. The summed E-state index contributed by atoms with van der Waals surface area (Å²) in [6.45, 7) is 0.412. The lowest BCUT2D eigenvalue weighted by atomic mass is 10.2. The molecule has 1 heterocycles. The van der Waals surface area contributed by atoms with Crippen LogP contribution in [0.25, 0.3) is 0 Å². The van der Waals surface area contributed by atoms with Crippen LogP contribution < -0.4 is 4.74 Å². The van der Waals surface area contributed by atoms with Crippen LogP contribution >= 0.6 is 43.2 Å². The summed E-state index contributed by atoms with van der Waals surface area (Å²) < 4.78 is 7.13. The molecule has 0 aliphatic heterocycles. The van der Waals surface area contributed by atoms with Crippen molar-refractivity contribution in [2.45, 2.75) is 6.61 Å². The first kappa shape index (κ1) is 12.7. The Bertz CT molecular complexity index is 505. The van der Waals surface area contributed by atoms with Gasteiger partial charge in [0.2, 0.25) is 0 Å². The van der Waals surface area contributed by atoms with Crippen LogP contribution in [0.3, 0.4) is 0 Å². The van der Waals surface area contributed by atoms with Crippen molar-refractivity contribution < 1.29 is 9.53 Å². The fourth-order valence-electron chi connectivity index (χ4n) is 1.24. The first-order chi connectivity index (χ1) is 8.20. The third-order valence-electron chi connectivity index (χ3n) is 1.98. The molecule has 0 fully saturated rings. The molecule has 0 N–H and O–H groups in total. The van der Waals surface area contributed by atoms with Crippen molar-refractivity contribution in [1.29, 1.82) is 0 Å². The van der Waals surface area contributed by atoms with E-state index in [4.69, 9.17) is 4.74 Å². The number of nitrogens with zero attached hydrogens (tertiary/aromatic N) is 1. The number of aldehydes is 1. The number of thiazole rings is 1. The fourth-order valence-corrected chi connectivity index (χ4v) is 3.22.